The Morgan fingerprint density at radius 1 is 1.21 bits per heavy atom. The van der Waals surface area contributed by atoms with Crippen LogP contribution in [-0.2, 0) is 6.54 Å². The normalized spacial score (nSPS) is 17.8. The van der Waals surface area contributed by atoms with Gasteiger partial charge in [-0.2, -0.15) is 0 Å². The lowest BCUT2D eigenvalue weighted by Crippen LogP contribution is -2.27. The third-order valence-electron chi connectivity index (χ3n) is 4.67. The van der Waals surface area contributed by atoms with Crippen molar-refractivity contribution < 1.29 is 0 Å². The second-order valence-corrected chi connectivity index (χ2v) is 6.61. The van der Waals surface area contributed by atoms with Crippen LogP contribution in [0.25, 0.3) is 10.9 Å². The van der Waals surface area contributed by atoms with E-state index in [1.54, 1.807) is 10.6 Å². The predicted octanol–water partition coefficient (Wildman–Crippen LogP) is 3.85. The first kappa shape index (κ1) is 15.4. The van der Waals surface area contributed by atoms with E-state index >= 15 is 0 Å². The number of aromatic nitrogens is 2. The summed E-state index contributed by atoms with van der Waals surface area (Å²) in [4.78, 5) is 17.5. The lowest BCUT2D eigenvalue weighted by molar-refractivity contribution is 0.459. The van der Waals surface area contributed by atoms with Crippen LogP contribution in [-0.4, -0.2) is 9.55 Å². The van der Waals surface area contributed by atoms with E-state index in [9.17, 15) is 4.79 Å². The summed E-state index contributed by atoms with van der Waals surface area (Å²) in [5.74, 6) is 0.803. The van der Waals surface area contributed by atoms with Gasteiger partial charge in [0.2, 0.25) is 0 Å². The Hall–Kier alpha value is -2.17. The van der Waals surface area contributed by atoms with Crippen molar-refractivity contribution in [3.05, 3.63) is 75.3 Å². The maximum absolute atomic E-state index is 12.8. The molecule has 0 unspecified atom stereocenters. The van der Waals surface area contributed by atoms with Gasteiger partial charge in [0.15, 0.2) is 0 Å². The van der Waals surface area contributed by atoms with Gasteiger partial charge in [-0.1, -0.05) is 48.0 Å². The molecule has 1 aliphatic heterocycles. The number of hydrogen-bond donors (Lipinski definition) is 1. The molecule has 0 saturated heterocycles. The van der Waals surface area contributed by atoms with Gasteiger partial charge in [-0.15, -0.1) is 0 Å². The third kappa shape index (κ3) is 2.52. The fourth-order valence-corrected chi connectivity index (χ4v) is 3.66. The number of hydrogen-bond acceptors (Lipinski definition) is 3. The molecule has 2 aromatic carbocycles. The third-order valence-corrected chi connectivity index (χ3v) is 4.98. The molecule has 1 aliphatic rings. The molecule has 24 heavy (non-hydrogen) atoms. The highest BCUT2D eigenvalue weighted by Crippen LogP contribution is 2.28. The SMILES string of the molecule is C[C@H](N[C@@H]1CCn2c1nc1cccc(Cl)c1c2=O)c1ccccc1. The first-order valence-electron chi connectivity index (χ1n) is 8.15. The first-order valence-corrected chi connectivity index (χ1v) is 8.53. The molecule has 0 amide bonds. The lowest BCUT2D eigenvalue weighted by Gasteiger charge is -2.19. The van der Waals surface area contributed by atoms with E-state index in [1.807, 2.05) is 30.3 Å². The number of halogens is 1. The fourth-order valence-electron chi connectivity index (χ4n) is 3.41. The standard InChI is InChI=1S/C19H18ClN3O/c1-12(13-6-3-2-4-7-13)21-16-10-11-23-18(16)22-15-9-5-8-14(20)17(15)19(23)24/h2-9,12,16,21H,10-11H2,1H3/t12-,16+/m0/s1. The summed E-state index contributed by atoms with van der Waals surface area (Å²) in [7, 11) is 0. The van der Waals surface area contributed by atoms with Gasteiger partial charge < -0.3 is 5.32 Å². The highest BCUT2D eigenvalue weighted by molar-refractivity contribution is 6.35. The zero-order valence-electron chi connectivity index (χ0n) is 13.4. The second kappa shape index (κ2) is 6.04. The van der Waals surface area contributed by atoms with Crippen molar-refractivity contribution in [2.75, 3.05) is 0 Å². The van der Waals surface area contributed by atoms with E-state index in [4.69, 9.17) is 16.6 Å². The van der Waals surface area contributed by atoms with Crippen molar-refractivity contribution in [1.29, 1.82) is 0 Å². The number of benzene rings is 2. The average Bonchev–Trinajstić information content (AvgIpc) is 2.99. The Bertz CT molecular complexity index is 952. The molecule has 0 spiro atoms. The van der Waals surface area contributed by atoms with Crippen LogP contribution in [0.2, 0.25) is 5.02 Å². The van der Waals surface area contributed by atoms with Crippen LogP contribution in [0.1, 0.15) is 36.8 Å². The molecular weight excluding hydrogens is 322 g/mol. The summed E-state index contributed by atoms with van der Waals surface area (Å²) < 4.78 is 1.75. The summed E-state index contributed by atoms with van der Waals surface area (Å²) in [6.07, 6.45) is 0.855. The second-order valence-electron chi connectivity index (χ2n) is 6.20. The van der Waals surface area contributed by atoms with Crippen molar-refractivity contribution in [2.24, 2.45) is 0 Å². The zero-order chi connectivity index (χ0) is 16.7. The Morgan fingerprint density at radius 3 is 2.79 bits per heavy atom. The van der Waals surface area contributed by atoms with Gasteiger partial charge >= 0.3 is 0 Å². The van der Waals surface area contributed by atoms with Crippen molar-refractivity contribution >= 4 is 22.5 Å². The molecule has 4 nitrogen and oxygen atoms in total. The Morgan fingerprint density at radius 2 is 2.00 bits per heavy atom. The predicted molar refractivity (Wildman–Crippen MR) is 96.4 cm³/mol. The van der Waals surface area contributed by atoms with E-state index in [0.717, 1.165) is 12.2 Å². The molecule has 0 saturated carbocycles. The van der Waals surface area contributed by atoms with Crippen molar-refractivity contribution in [1.82, 2.24) is 14.9 Å². The number of nitrogens with one attached hydrogen (secondary N) is 1. The minimum absolute atomic E-state index is 0.0442. The Balaban J connectivity index is 1.72. The summed E-state index contributed by atoms with van der Waals surface area (Å²) in [5.41, 5.74) is 1.85. The van der Waals surface area contributed by atoms with Gasteiger partial charge in [0.05, 0.1) is 22.0 Å². The van der Waals surface area contributed by atoms with Gasteiger partial charge in [0.25, 0.3) is 5.56 Å². The molecule has 5 heteroatoms. The monoisotopic (exact) mass is 339 g/mol. The van der Waals surface area contributed by atoms with Crippen molar-refractivity contribution in [3.63, 3.8) is 0 Å². The largest absolute Gasteiger partial charge is 0.301 e. The number of fused-ring (bicyclic) bond motifs is 2. The van der Waals surface area contributed by atoms with E-state index in [-0.39, 0.29) is 17.6 Å². The average molecular weight is 340 g/mol. The highest BCUT2D eigenvalue weighted by Gasteiger charge is 2.28. The Kier molecular flexibility index (Phi) is 3.87. The quantitative estimate of drug-likeness (QED) is 0.788. The zero-order valence-corrected chi connectivity index (χ0v) is 14.1. The summed E-state index contributed by atoms with van der Waals surface area (Å²) >= 11 is 6.20. The maximum atomic E-state index is 12.8. The molecule has 1 aromatic heterocycles. The van der Waals surface area contributed by atoms with E-state index < -0.39 is 0 Å². The molecule has 0 fully saturated rings. The molecule has 2 heterocycles. The van der Waals surface area contributed by atoms with Gasteiger partial charge in [0, 0.05) is 12.6 Å². The maximum Gasteiger partial charge on any atom is 0.262 e. The van der Waals surface area contributed by atoms with Gasteiger partial charge in [-0.25, -0.2) is 4.98 Å². The highest BCUT2D eigenvalue weighted by atomic mass is 35.5. The van der Waals surface area contributed by atoms with Crippen LogP contribution < -0.4 is 10.9 Å². The smallest absolute Gasteiger partial charge is 0.262 e. The molecule has 0 aliphatic carbocycles. The van der Waals surface area contributed by atoms with Crippen LogP contribution in [0.4, 0.5) is 0 Å². The summed E-state index contributed by atoms with van der Waals surface area (Å²) in [6, 6.07) is 16.0. The van der Waals surface area contributed by atoms with Crippen LogP contribution in [0, 0.1) is 0 Å². The van der Waals surface area contributed by atoms with E-state index in [2.05, 4.69) is 24.4 Å². The summed E-state index contributed by atoms with van der Waals surface area (Å²) in [5, 5.41) is 4.58. The van der Waals surface area contributed by atoms with E-state index in [0.29, 0.717) is 22.5 Å². The molecule has 122 valence electrons. The molecular formula is C19H18ClN3O. The fraction of sp³-hybridized carbons (Fsp3) is 0.263. The van der Waals surface area contributed by atoms with Crippen molar-refractivity contribution in [2.45, 2.75) is 32.0 Å². The van der Waals surface area contributed by atoms with Gasteiger partial charge in [-0.3, -0.25) is 9.36 Å². The lowest BCUT2D eigenvalue weighted by atomic mass is 10.1. The van der Waals surface area contributed by atoms with Crippen LogP contribution in [0.5, 0.6) is 0 Å². The topological polar surface area (TPSA) is 46.9 Å². The van der Waals surface area contributed by atoms with Gasteiger partial charge in [0.1, 0.15) is 5.82 Å². The minimum Gasteiger partial charge on any atom is -0.301 e. The summed E-state index contributed by atoms with van der Waals surface area (Å²) in [6.45, 7) is 2.80. The van der Waals surface area contributed by atoms with E-state index in [1.165, 1.54) is 5.56 Å². The van der Waals surface area contributed by atoms with Crippen molar-refractivity contribution in [3.8, 4) is 0 Å². The molecule has 0 bridgehead atoms. The number of nitrogens with zero attached hydrogens (tertiary/aromatic N) is 2. The van der Waals surface area contributed by atoms with Crippen LogP contribution in [0.15, 0.2) is 53.3 Å². The molecule has 4 rings (SSSR count). The van der Waals surface area contributed by atoms with Crippen LogP contribution in [0.3, 0.4) is 0 Å². The molecule has 0 radical (unpaired) electrons. The first-order chi connectivity index (χ1) is 11.6. The Labute approximate surface area is 145 Å². The molecule has 3 aromatic rings. The molecule has 2 atom stereocenters. The number of rotatable bonds is 3. The molecule has 1 N–H and O–H groups in total. The van der Waals surface area contributed by atoms with Gasteiger partial charge in [-0.05, 0) is 31.0 Å². The minimum atomic E-state index is -0.0442. The van der Waals surface area contributed by atoms with Crippen LogP contribution >= 0.6 is 11.6 Å².